The zero-order valence-corrected chi connectivity index (χ0v) is 37.0. The molecule has 2 amide bonds. The average molecular weight is 865 g/mol. The minimum absolute atomic E-state index is 0.0693. The third-order valence-electron chi connectivity index (χ3n) is 13.4. The summed E-state index contributed by atoms with van der Waals surface area (Å²) in [4.78, 5) is 50.0. The van der Waals surface area contributed by atoms with Gasteiger partial charge in [-0.25, -0.2) is 19.6 Å². The maximum atomic E-state index is 13.6. The minimum atomic E-state index is -1.14. The highest BCUT2D eigenvalue weighted by Crippen LogP contribution is 2.72. The lowest BCUT2D eigenvalue weighted by molar-refractivity contribution is -0.248. The second-order valence-corrected chi connectivity index (χ2v) is 20.0. The maximum Gasteiger partial charge on any atom is 0.409 e. The van der Waals surface area contributed by atoms with Crippen molar-refractivity contribution in [3.63, 3.8) is 0 Å². The van der Waals surface area contributed by atoms with Gasteiger partial charge in [-0.15, -0.1) is 0 Å². The number of fused-ring (bicyclic) bond motifs is 2. The number of likely N-dealkylation sites (N-methyl/N-ethyl adjacent to an activating group) is 1. The molecule has 3 heterocycles. The van der Waals surface area contributed by atoms with Crippen molar-refractivity contribution in [1.82, 2.24) is 24.6 Å². The maximum absolute atomic E-state index is 13.6. The summed E-state index contributed by atoms with van der Waals surface area (Å²) in [6.45, 7) is 15.9. The molecule has 2 N–H and O–H groups in total. The molecule has 4 aliphatic carbocycles. The van der Waals surface area contributed by atoms with E-state index >= 15 is 0 Å². The van der Waals surface area contributed by atoms with Crippen molar-refractivity contribution in [1.29, 1.82) is 0 Å². The quantitative estimate of drug-likeness (QED) is 0.102. The number of aromatic nitrogens is 4. The molecule has 6 aromatic rings. The molecule has 2 unspecified atom stereocenters. The summed E-state index contributed by atoms with van der Waals surface area (Å²) >= 11 is 1.41. The fourth-order valence-electron chi connectivity index (χ4n) is 11.9. The van der Waals surface area contributed by atoms with Gasteiger partial charge in [0.05, 0.1) is 34.3 Å². The minimum Gasteiger partial charge on any atom is -0.476 e. The van der Waals surface area contributed by atoms with E-state index in [0.717, 1.165) is 65.4 Å². The number of pyridine rings is 1. The highest BCUT2D eigenvalue weighted by atomic mass is 32.1. The molecule has 3 aromatic carbocycles. The molecule has 0 radical (unpaired) electrons. The number of para-hydroxylation sites is 1. The molecule has 12 nitrogen and oxygen atoms in total. The van der Waals surface area contributed by atoms with E-state index in [9.17, 15) is 19.5 Å². The smallest absolute Gasteiger partial charge is 0.409 e. The first-order valence-corrected chi connectivity index (χ1v) is 22.2. The number of carbonyl (C=O) groups is 3. The first-order chi connectivity index (χ1) is 30.1. The molecule has 4 aliphatic rings. The van der Waals surface area contributed by atoms with Crippen LogP contribution in [-0.4, -0.2) is 80.1 Å². The van der Waals surface area contributed by atoms with E-state index in [1.165, 1.54) is 11.3 Å². The van der Waals surface area contributed by atoms with Crippen LogP contribution in [0.15, 0.2) is 104 Å². The number of ether oxygens (including phenoxy) is 2. The van der Waals surface area contributed by atoms with Crippen molar-refractivity contribution in [3.8, 4) is 22.4 Å². The molecule has 10 rings (SSSR count). The number of nitrogens with zero attached hydrogens (tertiary/aromatic N) is 5. The first kappa shape index (κ1) is 42.1. The lowest BCUT2D eigenvalue weighted by Crippen LogP contribution is -2.64. The van der Waals surface area contributed by atoms with Crippen LogP contribution in [0, 0.1) is 23.2 Å². The van der Waals surface area contributed by atoms with E-state index in [2.05, 4.69) is 37.3 Å². The van der Waals surface area contributed by atoms with Crippen LogP contribution < -0.4 is 5.32 Å². The van der Waals surface area contributed by atoms with Gasteiger partial charge in [0.25, 0.3) is 5.91 Å². The number of aromatic carboxylic acids is 1. The molecule has 2 atom stereocenters. The third kappa shape index (κ3) is 8.15. The Morgan fingerprint density at radius 3 is 2.48 bits per heavy atom. The average Bonchev–Trinajstić information content (AvgIpc) is 3.81. The Balaban J connectivity index is 0.945. The molecule has 13 heteroatoms. The van der Waals surface area contributed by atoms with E-state index in [1.54, 1.807) is 30.3 Å². The molecule has 4 bridgehead atoms. The van der Waals surface area contributed by atoms with Crippen molar-refractivity contribution in [3.05, 3.63) is 121 Å². The Labute approximate surface area is 370 Å². The summed E-state index contributed by atoms with van der Waals surface area (Å²) in [6.07, 6.45) is 9.02. The molecular formula is C50H52N6O6S. The first-order valence-electron chi connectivity index (χ1n) is 21.4. The Bertz CT molecular complexity index is 2790. The van der Waals surface area contributed by atoms with Gasteiger partial charge >= 0.3 is 12.1 Å². The van der Waals surface area contributed by atoms with Gasteiger partial charge in [-0.2, -0.15) is 5.10 Å². The van der Waals surface area contributed by atoms with Crippen molar-refractivity contribution < 1.29 is 29.0 Å². The fourth-order valence-corrected chi connectivity index (χ4v) is 12.7. The predicted molar refractivity (Wildman–Crippen MR) is 246 cm³/mol. The summed E-state index contributed by atoms with van der Waals surface area (Å²) in [7, 11) is 1.72. The monoisotopic (exact) mass is 864 g/mol. The largest absolute Gasteiger partial charge is 0.476 e. The molecule has 63 heavy (non-hydrogen) atoms. The van der Waals surface area contributed by atoms with Crippen molar-refractivity contribution in [2.45, 2.75) is 71.4 Å². The summed E-state index contributed by atoms with van der Waals surface area (Å²) in [5.74, 6) is -1.43. The number of thiazole rings is 1. The number of rotatable bonds is 14. The van der Waals surface area contributed by atoms with Crippen LogP contribution in [0.4, 0.5) is 9.93 Å². The number of hydrogen-bond donors (Lipinski definition) is 2. The number of amides is 2. The van der Waals surface area contributed by atoms with Gasteiger partial charge in [0.15, 0.2) is 10.8 Å². The van der Waals surface area contributed by atoms with Gasteiger partial charge in [0, 0.05) is 48.1 Å². The lowest BCUT2D eigenvalue weighted by atomic mass is 9.39. The molecule has 3 aromatic heterocycles. The summed E-state index contributed by atoms with van der Waals surface area (Å²) in [5.41, 5.74) is 4.94. The Hall–Kier alpha value is -6.18. The molecule has 0 aliphatic heterocycles. The van der Waals surface area contributed by atoms with Gasteiger partial charge in [0.2, 0.25) is 0 Å². The number of carboxylic acid groups (broad SMARTS) is 1. The molecule has 4 fully saturated rings. The number of benzene rings is 3. The number of carboxylic acids is 1. The zero-order chi connectivity index (χ0) is 44.3. The van der Waals surface area contributed by atoms with Crippen molar-refractivity contribution >= 4 is 55.4 Å². The highest BCUT2D eigenvalue weighted by molar-refractivity contribution is 7.22. The van der Waals surface area contributed by atoms with Gasteiger partial charge < -0.3 is 19.5 Å². The summed E-state index contributed by atoms with van der Waals surface area (Å²) in [6, 6.07) is 22.6. The van der Waals surface area contributed by atoms with Gasteiger partial charge in [0.1, 0.15) is 6.61 Å². The van der Waals surface area contributed by atoms with Crippen LogP contribution >= 0.6 is 11.3 Å². The Kier molecular flexibility index (Phi) is 10.6. The van der Waals surface area contributed by atoms with Crippen LogP contribution in [0.3, 0.4) is 0 Å². The van der Waals surface area contributed by atoms with Gasteiger partial charge in [-0.1, -0.05) is 80.8 Å². The van der Waals surface area contributed by atoms with Crippen molar-refractivity contribution in [2.24, 2.45) is 16.2 Å². The Morgan fingerprint density at radius 1 is 0.952 bits per heavy atom. The zero-order valence-electron chi connectivity index (χ0n) is 36.2. The number of nitrogens with one attached hydrogen (secondary N) is 1. The second-order valence-electron chi connectivity index (χ2n) is 18.9. The van der Waals surface area contributed by atoms with Crippen LogP contribution in [0.2, 0.25) is 0 Å². The normalized spacial score (nSPS) is 23.5. The molecule has 0 saturated heterocycles. The fraction of sp³-hybridized carbons (Fsp3) is 0.360. The van der Waals surface area contributed by atoms with Crippen LogP contribution in [0.1, 0.15) is 78.9 Å². The van der Waals surface area contributed by atoms with E-state index in [-0.39, 0.29) is 40.1 Å². The second kappa shape index (κ2) is 15.9. The molecule has 324 valence electrons. The SMILES string of the molecule is C=CC(=C)COC(=O)N(C)CCOC12CC3(C)CC(C)(CC(Cn4ncc(-c5ccc(-c6ccc7cccc(C(=O)Nc8nc9ccccc9s8)c7c6)nc5C(=O)O)c4C)(C3)C1)C2. The van der Waals surface area contributed by atoms with Crippen LogP contribution in [0.5, 0.6) is 0 Å². The van der Waals surface area contributed by atoms with Gasteiger partial charge in [-0.05, 0) is 114 Å². The van der Waals surface area contributed by atoms with Crippen LogP contribution in [-0.2, 0) is 16.0 Å². The number of anilines is 1. The third-order valence-corrected chi connectivity index (χ3v) is 14.3. The molecule has 0 spiro atoms. The predicted octanol–water partition coefficient (Wildman–Crippen LogP) is 10.6. The Morgan fingerprint density at radius 2 is 1.73 bits per heavy atom. The van der Waals surface area contributed by atoms with Gasteiger partial charge in [-0.3, -0.25) is 14.8 Å². The van der Waals surface area contributed by atoms with Crippen LogP contribution in [0.25, 0.3) is 43.4 Å². The highest BCUT2D eigenvalue weighted by Gasteiger charge is 2.66. The van der Waals surface area contributed by atoms with E-state index in [0.29, 0.717) is 58.2 Å². The lowest BCUT2D eigenvalue weighted by Gasteiger charge is -2.69. The molecule has 4 saturated carbocycles. The topological polar surface area (TPSA) is 149 Å². The van der Waals surface area contributed by atoms with E-state index < -0.39 is 12.1 Å². The number of hydrogen-bond acceptors (Lipinski definition) is 9. The standard InChI is InChI=1S/C50H52N6O6S/c1-7-31(2)23-61-46(60)55(6)19-20-62-50-27-47(4)24-48(5,28-50)26-49(25-47,29-50)30-56-32(3)38(22-51-56)35-17-18-39(52-42(35)44(58)59)34-16-15-33-11-10-12-36(37(33)21-34)43(57)54-45-53-40-13-8-9-14-41(40)63-45/h7-18,21-22H,1-2,19-20,23-30H2,3-6H3,(H,58,59)(H,53,54,57). The van der Waals surface area contributed by atoms with Crippen molar-refractivity contribution in [2.75, 3.05) is 32.1 Å². The summed E-state index contributed by atoms with van der Waals surface area (Å²) < 4.78 is 15.3. The molecular weight excluding hydrogens is 813 g/mol. The number of carbonyl (C=O) groups excluding carboxylic acids is 2. The summed E-state index contributed by atoms with van der Waals surface area (Å²) in [5, 5.41) is 20.5. The van der Waals surface area contributed by atoms with E-state index in [4.69, 9.17) is 19.6 Å². The van der Waals surface area contributed by atoms with E-state index in [1.807, 2.05) is 78.3 Å².